The van der Waals surface area contributed by atoms with E-state index >= 15 is 0 Å². The van der Waals surface area contributed by atoms with Crippen LogP contribution in [-0.4, -0.2) is 39.6 Å². The molecular formula is C24H22ClFN4O4. The van der Waals surface area contributed by atoms with E-state index in [1.165, 1.54) is 23.0 Å². The maximum atomic E-state index is 13.5. The fourth-order valence-electron chi connectivity index (χ4n) is 4.93. The number of carbonyl (C=O) groups is 2. The van der Waals surface area contributed by atoms with Crippen molar-refractivity contribution < 1.29 is 18.7 Å². The van der Waals surface area contributed by atoms with Gasteiger partial charge < -0.3 is 19.9 Å². The van der Waals surface area contributed by atoms with Gasteiger partial charge in [-0.25, -0.2) is 9.37 Å². The molecule has 6 rings (SSSR count). The molecule has 3 saturated carbocycles. The first kappa shape index (κ1) is 22.3. The molecule has 34 heavy (non-hydrogen) atoms. The van der Waals surface area contributed by atoms with Crippen molar-refractivity contribution in [3.05, 3.63) is 69.5 Å². The Morgan fingerprint density at radius 1 is 1.24 bits per heavy atom. The van der Waals surface area contributed by atoms with Crippen molar-refractivity contribution in [1.29, 1.82) is 0 Å². The van der Waals surface area contributed by atoms with Crippen LogP contribution in [0, 0.1) is 11.7 Å². The quantitative estimate of drug-likeness (QED) is 0.560. The third-order valence-electron chi connectivity index (χ3n) is 6.65. The highest BCUT2D eigenvalue weighted by Crippen LogP contribution is 2.52. The van der Waals surface area contributed by atoms with Crippen LogP contribution in [0.5, 0.6) is 5.75 Å². The normalized spacial score (nSPS) is 22.8. The second-order valence-corrected chi connectivity index (χ2v) is 9.45. The van der Waals surface area contributed by atoms with Crippen molar-refractivity contribution in [3.63, 3.8) is 0 Å². The molecule has 2 N–H and O–H groups in total. The number of aryl methyl sites for hydroxylation is 1. The lowest BCUT2D eigenvalue weighted by atomic mass is 9.76. The van der Waals surface area contributed by atoms with Gasteiger partial charge in [-0.1, -0.05) is 11.6 Å². The van der Waals surface area contributed by atoms with Gasteiger partial charge in [0.15, 0.2) is 6.61 Å². The molecule has 2 bridgehead atoms. The number of aromatic nitrogens is 2. The molecule has 2 aromatic carbocycles. The Morgan fingerprint density at radius 2 is 2.03 bits per heavy atom. The van der Waals surface area contributed by atoms with E-state index in [4.69, 9.17) is 16.3 Å². The Bertz CT molecular complexity index is 1370. The molecule has 1 aromatic heterocycles. The van der Waals surface area contributed by atoms with Crippen molar-refractivity contribution in [2.24, 2.45) is 13.0 Å². The van der Waals surface area contributed by atoms with Crippen LogP contribution in [0.2, 0.25) is 5.02 Å². The van der Waals surface area contributed by atoms with Gasteiger partial charge in [0.05, 0.1) is 22.3 Å². The molecule has 3 aliphatic rings. The molecule has 1 atom stereocenters. The van der Waals surface area contributed by atoms with E-state index < -0.39 is 5.82 Å². The van der Waals surface area contributed by atoms with E-state index in [1.54, 1.807) is 25.2 Å². The molecule has 10 heteroatoms. The van der Waals surface area contributed by atoms with Gasteiger partial charge in [-0.15, -0.1) is 0 Å². The monoisotopic (exact) mass is 484 g/mol. The van der Waals surface area contributed by atoms with Crippen molar-refractivity contribution in [1.82, 2.24) is 20.2 Å². The van der Waals surface area contributed by atoms with Crippen molar-refractivity contribution >= 4 is 34.3 Å². The summed E-state index contributed by atoms with van der Waals surface area (Å²) in [5, 5.41) is 6.51. The zero-order chi connectivity index (χ0) is 24.0. The van der Waals surface area contributed by atoms with Crippen molar-refractivity contribution in [3.8, 4) is 5.75 Å². The summed E-state index contributed by atoms with van der Waals surface area (Å²) in [5.74, 6) is -0.657. The molecule has 2 amide bonds. The average Bonchev–Trinajstić information content (AvgIpc) is 3.30. The maximum Gasteiger partial charge on any atom is 0.260 e. The number of nitrogens with one attached hydrogen (secondary N) is 2. The molecule has 0 aliphatic heterocycles. The molecule has 3 aromatic rings. The van der Waals surface area contributed by atoms with Crippen LogP contribution in [0.4, 0.5) is 4.39 Å². The number of rotatable bonds is 6. The largest absolute Gasteiger partial charge is 0.484 e. The molecule has 0 saturated heterocycles. The van der Waals surface area contributed by atoms with Gasteiger partial charge in [0.1, 0.15) is 11.6 Å². The minimum atomic E-state index is -0.612. The third-order valence-corrected chi connectivity index (χ3v) is 6.96. The molecule has 0 radical (unpaired) electrons. The SMILES string of the molecule is Cn1cnc2cc(C(=O)NC34CC(C3)C(NC(=O)COc3ccc(Cl)c(F)c3)C4)ccc2c1=O. The lowest BCUT2D eigenvalue weighted by Gasteiger charge is -2.39. The Morgan fingerprint density at radius 3 is 2.79 bits per heavy atom. The topological polar surface area (TPSA) is 102 Å². The number of nitrogens with zero attached hydrogens (tertiary/aromatic N) is 2. The van der Waals surface area contributed by atoms with Gasteiger partial charge in [0, 0.05) is 30.3 Å². The highest BCUT2D eigenvalue weighted by molar-refractivity contribution is 6.30. The smallest absolute Gasteiger partial charge is 0.260 e. The summed E-state index contributed by atoms with van der Waals surface area (Å²) in [6.45, 7) is -0.243. The standard InChI is InChI=1S/C24H22ClFN4O4/c1-30-12-27-19-6-13(2-4-16(19)23(30)33)22(32)29-24-8-14(9-24)20(10-24)28-21(31)11-34-15-3-5-17(25)18(26)7-15/h2-7,12,14,20H,8-11H2,1H3,(H,28,31)(H,29,32). The summed E-state index contributed by atoms with van der Waals surface area (Å²) in [6.07, 6.45) is 3.61. The van der Waals surface area contributed by atoms with Crippen LogP contribution in [0.3, 0.4) is 0 Å². The van der Waals surface area contributed by atoms with Gasteiger partial charge in [0.25, 0.3) is 17.4 Å². The first-order chi connectivity index (χ1) is 16.2. The lowest BCUT2D eigenvalue weighted by molar-refractivity contribution is -0.124. The molecule has 3 aliphatic carbocycles. The molecule has 1 heterocycles. The van der Waals surface area contributed by atoms with Crippen LogP contribution >= 0.6 is 11.6 Å². The maximum absolute atomic E-state index is 13.5. The third kappa shape index (κ3) is 4.11. The van der Waals surface area contributed by atoms with Crippen LogP contribution in [0.1, 0.15) is 29.6 Å². The Kier molecular flexibility index (Phi) is 5.51. The molecule has 8 nitrogen and oxygen atoms in total. The van der Waals surface area contributed by atoms with E-state index in [0.29, 0.717) is 22.9 Å². The number of hydrogen-bond acceptors (Lipinski definition) is 5. The summed E-state index contributed by atoms with van der Waals surface area (Å²) in [4.78, 5) is 41.6. The highest BCUT2D eigenvalue weighted by Gasteiger charge is 2.57. The summed E-state index contributed by atoms with van der Waals surface area (Å²) in [7, 11) is 1.63. The molecular weight excluding hydrogens is 463 g/mol. The van der Waals surface area contributed by atoms with Crippen LogP contribution in [-0.2, 0) is 11.8 Å². The summed E-state index contributed by atoms with van der Waals surface area (Å²) < 4.78 is 20.2. The Labute approximate surface area is 199 Å². The van der Waals surface area contributed by atoms with Crippen molar-refractivity contribution in [2.45, 2.75) is 30.8 Å². The van der Waals surface area contributed by atoms with Gasteiger partial charge in [-0.3, -0.25) is 14.4 Å². The number of carbonyl (C=O) groups excluding carboxylic acids is 2. The summed E-state index contributed by atoms with van der Waals surface area (Å²) in [6, 6.07) is 8.78. The zero-order valence-corrected chi connectivity index (χ0v) is 19.1. The molecule has 176 valence electrons. The lowest BCUT2D eigenvalue weighted by Crippen LogP contribution is -2.51. The van der Waals surface area contributed by atoms with Gasteiger partial charge in [-0.2, -0.15) is 0 Å². The zero-order valence-electron chi connectivity index (χ0n) is 18.3. The fourth-order valence-corrected chi connectivity index (χ4v) is 5.05. The molecule has 3 fully saturated rings. The average molecular weight is 485 g/mol. The highest BCUT2D eigenvalue weighted by atomic mass is 35.5. The van der Waals surface area contributed by atoms with Crippen LogP contribution in [0.15, 0.2) is 47.5 Å². The predicted molar refractivity (Wildman–Crippen MR) is 123 cm³/mol. The van der Waals surface area contributed by atoms with E-state index in [0.717, 1.165) is 18.9 Å². The number of ether oxygens (including phenoxy) is 1. The number of fused-ring (bicyclic) bond motifs is 2. The number of amides is 2. The Balaban J connectivity index is 1.17. The second kappa shape index (κ2) is 8.39. The number of benzene rings is 2. The van der Waals surface area contributed by atoms with Crippen molar-refractivity contribution in [2.75, 3.05) is 6.61 Å². The second-order valence-electron chi connectivity index (χ2n) is 9.04. The van der Waals surface area contributed by atoms with E-state index in [-0.39, 0.29) is 52.3 Å². The van der Waals surface area contributed by atoms with Gasteiger partial charge in [0.2, 0.25) is 0 Å². The first-order valence-corrected chi connectivity index (χ1v) is 11.3. The number of halogens is 2. The minimum Gasteiger partial charge on any atom is -0.484 e. The van der Waals surface area contributed by atoms with Crippen LogP contribution in [0.25, 0.3) is 10.9 Å². The molecule has 0 spiro atoms. The van der Waals surface area contributed by atoms with Gasteiger partial charge in [-0.05, 0) is 55.5 Å². The predicted octanol–water partition coefficient (Wildman–Crippen LogP) is 2.57. The summed E-state index contributed by atoms with van der Waals surface area (Å²) >= 11 is 5.65. The van der Waals surface area contributed by atoms with E-state index in [2.05, 4.69) is 15.6 Å². The van der Waals surface area contributed by atoms with Gasteiger partial charge >= 0.3 is 0 Å². The summed E-state index contributed by atoms with van der Waals surface area (Å²) in [5.41, 5.74) is 0.366. The fraction of sp³-hybridized carbons (Fsp3) is 0.333. The number of hydrogen-bond donors (Lipinski definition) is 2. The minimum absolute atomic E-state index is 0.0147. The first-order valence-electron chi connectivity index (χ1n) is 10.9. The Hall–Kier alpha value is -3.46. The van der Waals surface area contributed by atoms with Crippen LogP contribution < -0.4 is 20.9 Å². The molecule has 1 unspecified atom stereocenters. The van der Waals surface area contributed by atoms with E-state index in [9.17, 15) is 18.8 Å². The van der Waals surface area contributed by atoms with E-state index in [1.807, 2.05) is 0 Å².